The van der Waals surface area contributed by atoms with Gasteiger partial charge in [0.15, 0.2) is 6.10 Å². The molecule has 0 radical (unpaired) electrons. The molecule has 1 atom stereocenters. The molecule has 1 unspecified atom stereocenters. The molecule has 0 spiro atoms. The smallest absolute Gasteiger partial charge is 0.307 e. The molecule has 1 aliphatic rings. The predicted octanol–water partition coefficient (Wildman–Crippen LogP) is 3.19. The quantitative estimate of drug-likeness (QED) is 0.731. The summed E-state index contributed by atoms with van der Waals surface area (Å²) in [5.41, 5.74) is 0.618. The highest BCUT2D eigenvalue weighted by molar-refractivity contribution is 5.83. The number of halogens is 1. The summed E-state index contributed by atoms with van der Waals surface area (Å²) in [6.45, 7) is 1.56. The number of hydrogen-bond donors (Lipinski definition) is 1. The molecule has 1 saturated carbocycles. The van der Waals surface area contributed by atoms with Crippen LogP contribution >= 0.6 is 0 Å². The number of amides is 1. The van der Waals surface area contributed by atoms with Gasteiger partial charge in [0.2, 0.25) is 11.7 Å². The maximum absolute atomic E-state index is 13.0. The highest BCUT2D eigenvalue weighted by Crippen LogP contribution is 2.18. The molecule has 1 heterocycles. The van der Waals surface area contributed by atoms with Crippen molar-refractivity contribution in [2.45, 2.75) is 64.0 Å². The van der Waals surface area contributed by atoms with Gasteiger partial charge in [-0.05, 0) is 44.0 Å². The number of benzene rings is 1. The average Bonchev–Trinajstić information content (AvgIpc) is 3.17. The van der Waals surface area contributed by atoms with Gasteiger partial charge in [0.1, 0.15) is 5.82 Å². The maximum atomic E-state index is 13.0. The Bertz CT molecular complexity index is 800. The molecule has 3 rings (SSSR count). The summed E-state index contributed by atoms with van der Waals surface area (Å²) < 4.78 is 23.3. The van der Waals surface area contributed by atoms with Gasteiger partial charge in [-0.1, -0.05) is 24.4 Å². The Hall–Kier alpha value is -2.77. The van der Waals surface area contributed by atoms with Gasteiger partial charge in [0.05, 0.1) is 6.42 Å². The Kier molecular flexibility index (Phi) is 6.73. The van der Waals surface area contributed by atoms with E-state index in [4.69, 9.17) is 9.26 Å². The molecular weight excluding hydrogens is 365 g/mol. The van der Waals surface area contributed by atoms with E-state index in [9.17, 15) is 14.0 Å². The molecule has 1 aromatic carbocycles. The Morgan fingerprint density at radius 2 is 1.96 bits per heavy atom. The van der Waals surface area contributed by atoms with E-state index in [0.29, 0.717) is 11.4 Å². The van der Waals surface area contributed by atoms with E-state index in [2.05, 4.69) is 15.5 Å². The SMILES string of the molecule is CC(OC(=O)CCc1nc(-c2ccc(F)cc2)no1)C(=O)NC1CCCCC1. The van der Waals surface area contributed by atoms with Crippen molar-refractivity contribution in [3.8, 4) is 11.4 Å². The highest BCUT2D eigenvalue weighted by atomic mass is 19.1. The molecule has 0 saturated heterocycles. The van der Waals surface area contributed by atoms with E-state index in [1.54, 1.807) is 19.1 Å². The summed E-state index contributed by atoms with van der Waals surface area (Å²) >= 11 is 0. The lowest BCUT2D eigenvalue weighted by atomic mass is 9.95. The Morgan fingerprint density at radius 3 is 2.68 bits per heavy atom. The molecule has 1 aromatic heterocycles. The van der Waals surface area contributed by atoms with Gasteiger partial charge in [-0.15, -0.1) is 0 Å². The van der Waals surface area contributed by atoms with Crippen LogP contribution in [0.5, 0.6) is 0 Å². The van der Waals surface area contributed by atoms with Gasteiger partial charge in [-0.25, -0.2) is 4.39 Å². The zero-order valence-corrected chi connectivity index (χ0v) is 15.8. The third kappa shape index (κ3) is 5.61. The zero-order chi connectivity index (χ0) is 19.9. The first-order valence-electron chi connectivity index (χ1n) is 9.59. The number of nitrogens with zero attached hydrogens (tertiary/aromatic N) is 2. The van der Waals surface area contributed by atoms with Crippen LogP contribution in [0.2, 0.25) is 0 Å². The predicted molar refractivity (Wildman–Crippen MR) is 98.6 cm³/mol. The van der Waals surface area contributed by atoms with Crippen LogP contribution in [-0.2, 0) is 20.7 Å². The number of nitrogens with one attached hydrogen (secondary N) is 1. The van der Waals surface area contributed by atoms with Crippen LogP contribution in [0.15, 0.2) is 28.8 Å². The number of carbonyl (C=O) groups excluding carboxylic acids is 2. The molecular formula is C20H24FN3O4. The van der Waals surface area contributed by atoms with Crippen molar-refractivity contribution in [2.75, 3.05) is 0 Å². The van der Waals surface area contributed by atoms with Gasteiger partial charge < -0.3 is 14.6 Å². The number of hydrogen-bond acceptors (Lipinski definition) is 6. The van der Waals surface area contributed by atoms with E-state index in [1.807, 2.05) is 0 Å². The normalized spacial score (nSPS) is 15.8. The minimum atomic E-state index is -0.841. The number of rotatable bonds is 7. The molecule has 0 bridgehead atoms. The van der Waals surface area contributed by atoms with Gasteiger partial charge in [-0.2, -0.15) is 4.98 Å². The fourth-order valence-electron chi connectivity index (χ4n) is 3.16. The van der Waals surface area contributed by atoms with E-state index < -0.39 is 12.1 Å². The number of esters is 1. The lowest BCUT2D eigenvalue weighted by Crippen LogP contribution is -2.42. The van der Waals surface area contributed by atoms with Crippen molar-refractivity contribution in [3.05, 3.63) is 36.0 Å². The van der Waals surface area contributed by atoms with Crippen molar-refractivity contribution < 1.29 is 23.2 Å². The largest absolute Gasteiger partial charge is 0.453 e. The van der Waals surface area contributed by atoms with E-state index in [-0.39, 0.29) is 36.5 Å². The third-order valence-electron chi connectivity index (χ3n) is 4.74. The lowest BCUT2D eigenvalue weighted by Gasteiger charge is -2.24. The Labute approximate surface area is 162 Å². The second-order valence-electron chi connectivity index (χ2n) is 6.99. The average molecular weight is 389 g/mol. The summed E-state index contributed by atoms with van der Waals surface area (Å²) in [5, 5.41) is 6.76. The third-order valence-corrected chi connectivity index (χ3v) is 4.74. The maximum Gasteiger partial charge on any atom is 0.307 e. The minimum Gasteiger partial charge on any atom is -0.453 e. The number of aryl methyl sites for hydroxylation is 1. The first kappa shape index (κ1) is 20.0. The zero-order valence-electron chi connectivity index (χ0n) is 15.8. The Morgan fingerprint density at radius 1 is 1.25 bits per heavy atom. The number of aromatic nitrogens is 2. The van der Waals surface area contributed by atoms with Crippen molar-refractivity contribution in [1.82, 2.24) is 15.5 Å². The molecule has 2 aromatic rings. The van der Waals surface area contributed by atoms with Crippen LogP contribution in [-0.4, -0.2) is 34.2 Å². The first-order valence-corrected chi connectivity index (χ1v) is 9.59. The standard InChI is InChI=1S/C20H24FN3O4/c1-13(20(26)22-16-5-3-2-4-6-16)27-18(25)12-11-17-23-19(24-28-17)14-7-9-15(21)10-8-14/h7-10,13,16H,2-6,11-12H2,1H3,(H,22,26). The van der Waals surface area contributed by atoms with Crippen LogP contribution in [0.3, 0.4) is 0 Å². The van der Waals surface area contributed by atoms with Crippen LogP contribution in [0.25, 0.3) is 11.4 Å². The van der Waals surface area contributed by atoms with Crippen LogP contribution < -0.4 is 5.32 Å². The summed E-state index contributed by atoms with van der Waals surface area (Å²) in [6, 6.07) is 5.88. The van der Waals surface area contributed by atoms with Gasteiger partial charge in [0, 0.05) is 18.0 Å². The molecule has 1 N–H and O–H groups in total. The lowest BCUT2D eigenvalue weighted by molar-refractivity contribution is -0.155. The molecule has 150 valence electrons. The van der Waals surface area contributed by atoms with E-state index in [1.165, 1.54) is 18.6 Å². The van der Waals surface area contributed by atoms with Gasteiger partial charge in [-0.3, -0.25) is 9.59 Å². The van der Waals surface area contributed by atoms with E-state index >= 15 is 0 Å². The molecule has 0 aliphatic heterocycles. The highest BCUT2D eigenvalue weighted by Gasteiger charge is 2.22. The minimum absolute atomic E-state index is 0.0199. The molecule has 8 heteroatoms. The summed E-state index contributed by atoms with van der Waals surface area (Å²) in [6.07, 6.45) is 4.75. The molecule has 1 aliphatic carbocycles. The second-order valence-corrected chi connectivity index (χ2v) is 6.99. The van der Waals surface area contributed by atoms with Crippen LogP contribution in [0, 0.1) is 5.82 Å². The summed E-state index contributed by atoms with van der Waals surface area (Å²) in [5.74, 6) is -0.527. The fraction of sp³-hybridized carbons (Fsp3) is 0.500. The summed E-state index contributed by atoms with van der Waals surface area (Å²) in [4.78, 5) is 28.3. The van der Waals surface area contributed by atoms with Gasteiger partial charge in [0.25, 0.3) is 5.91 Å². The number of carbonyl (C=O) groups is 2. The van der Waals surface area contributed by atoms with Crippen molar-refractivity contribution in [1.29, 1.82) is 0 Å². The fourth-order valence-corrected chi connectivity index (χ4v) is 3.16. The van der Waals surface area contributed by atoms with Crippen molar-refractivity contribution in [3.63, 3.8) is 0 Å². The van der Waals surface area contributed by atoms with E-state index in [0.717, 1.165) is 25.7 Å². The second kappa shape index (κ2) is 9.43. The van der Waals surface area contributed by atoms with Crippen LogP contribution in [0.1, 0.15) is 51.3 Å². The first-order chi connectivity index (χ1) is 13.5. The molecule has 1 amide bonds. The van der Waals surface area contributed by atoms with Crippen molar-refractivity contribution >= 4 is 11.9 Å². The topological polar surface area (TPSA) is 94.3 Å². The molecule has 1 fully saturated rings. The van der Waals surface area contributed by atoms with Crippen LogP contribution in [0.4, 0.5) is 4.39 Å². The molecule has 7 nitrogen and oxygen atoms in total. The molecule has 28 heavy (non-hydrogen) atoms. The van der Waals surface area contributed by atoms with Gasteiger partial charge >= 0.3 is 5.97 Å². The Balaban J connectivity index is 1.43. The van der Waals surface area contributed by atoms with Crippen molar-refractivity contribution in [2.24, 2.45) is 0 Å². The number of ether oxygens (including phenoxy) is 1. The monoisotopic (exact) mass is 389 g/mol. The summed E-state index contributed by atoms with van der Waals surface area (Å²) in [7, 11) is 0.